The summed E-state index contributed by atoms with van der Waals surface area (Å²) in [4.78, 5) is 11.2. The van der Waals surface area contributed by atoms with Gasteiger partial charge in [-0.3, -0.25) is 4.79 Å². The van der Waals surface area contributed by atoms with E-state index in [0.29, 0.717) is 5.92 Å². The van der Waals surface area contributed by atoms with E-state index in [1.54, 1.807) is 0 Å². The second-order valence-corrected chi connectivity index (χ2v) is 5.35. The van der Waals surface area contributed by atoms with Crippen molar-refractivity contribution in [2.45, 2.75) is 44.9 Å². The van der Waals surface area contributed by atoms with Gasteiger partial charge < -0.3 is 5.11 Å². The van der Waals surface area contributed by atoms with Crippen LogP contribution in [0.15, 0.2) is 24.3 Å². The summed E-state index contributed by atoms with van der Waals surface area (Å²) in [6.07, 6.45) is 3.90. The third kappa shape index (κ3) is 2.51. The SMILES string of the molecule is CC(C)C(C(=O)O)c1ccc(C2CCC2)cc1. The molecule has 0 spiro atoms. The Hall–Kier alpha value is -1.31. The van der Waals surface area contributed by atoms with E-state index >= 15 is 0 Å². The van der Waals surface area contributed by atoms with Crippen LogP contribution in [0.3, 0.4) is 0 Å². The summed E-state index contributed by atoms with van der Waals surface area (Å²) in [6.45, 7) is 3.91. The average Bonchev–Trinajstić information content (AvgIpc) is 2.17. The molecule has 1 saturated carbocycles. The smallest absolute Gasteiger partial charge is 0.311 e. The number of carbonyl (C=O) groups is 1. The van der Waals surface area contributed by atoms with Gasteiger partial charge in [0.15, 0.2) is 0 Å². The maximum atomic E-state index is 11.2. The molecule has 2 rings (SSSR count). The highest BCUT2D eigenvalue weighted by atomic mass is 16.4. The van der Waals surface area contributed by atoms with Gasteiger partial charge in [0, 0.05) is 0 Å². The highest BCUT2D eigenvalue weighted by Gasteiger charge is 2.24. The van der Waals surface area contributed by atoms with Crippen molar-refractivity contribution in [3.63, 3.8) is 0 Å². The van der Waals surface area contributed by atoms with Crippen molar-refractivity contribution < 1.29 is 9.90 Å². The van der Waals surface area contributed by atoms with Crippen LogP contribution >= 0.6 is 0 Å². The van der Waals surface area contributed by atoms with Gasteiger partial charge in [-0.05, 0) is 35.8 Å². The Bertz CT molecular complexity index is 388. The van der Waals surface area contributed by atoms with Crippen LogP contribution in [0.2, 0.25) is 0 Å². The molecule has 0 aliphatic heterocycles. The van der Waals surface area contributed by atoms with Crippen LogP contribution in [-0.4, -0.2) is 11.1 Å². The predicted molar refractivity (Wildman–Crippen MR) is 68.2 cm³/mol. The molecule has 0 saturated heterocycles. The minimum absolute atomic E-state index is 0.127. The monoisotopic (exact) mass is 232 g/mol. The molecule has 92 valence electrons. The molecule has 1 unspecified atom stereocenters. The van der Waals surface area contributed by atoms with Crippen molar-refractivity contribution in [2.24, 2.45) is 5.92 Å². The molecule has 1 aliphatic rings. The molecule has 17 heavy (non-hydrogen) atoms. The minimum atomic E-state index is -0.726. The highest BCUT2D eigenvalue weighted by molar-refractivity contribution is 5.76. The molecule has 1 N–H and O–H groups in total. The normalized spacial score (nSPS) is 17.8. The zero-order valence-electron chi connectivity index (χ0n) is 10.5. The van der Waals surface area contributed by atoms with Crippen molar-refractivity contribution in [1.29, 1.82) is 0 Å². The largest absolute Gasteiger partial charge is 0.481 e. The summed E-state index contributed by atoms with van der Waals surface area (Å²) in [7, 11) is 0. The number of carboxylic acids is 1. The van der Waals surface area contributed by atoms with Gasteiger partial charge in [-0.1, -0.05) is 44.5 Å². The van der Waals surface area contributed by atoms with Gasteiger partial charge in [-0.2, -0.15) is 0 Å². The van der Waals surface area contributed by atoms with Crippen LogP contribution in [0.1, 0.15) is 56.1 Å². The van der Waals surface area contributed by atoms with E-state index in [-0.39, 0.29) is 11.8 Å². The number of carboxylic acid groups (broad SMARTS) is 1. The molecular weight excluding hydrogens is 212 g/mol. The Morgan fingerprint density at radius 3 is 2.18 bits per heavy atom. The fourth-order valence-corrected chi connectivity index (χ4v) is 2.53. The molecule has 1 fully saturated rings. The Kier molecular flexibility index (Phi) is 3.51. The van der Waals surface area contributed by atoms with E-state index in [2.05, 4.69) is 12.1 Å². The van der Waals surface area contributed by atoms with Gasteiger partial charge in [0.1, 0.15) is 0 Å². The summed E-state index contributed by atoms with van der Waals surface area (Å²) in [5.41, 5.74) is 2.29. The van der Waals surface area contributed by atoms with E-state index in [0.717, 1.165) is 5.56 Å². The molecule has 2 heteroatoms. The summed E-state index contributed by atoms with van der Waals surface area (Å²) in [6, 6.07) is 8.20. The van der Waals surface area contributed by atoms with Gasteiger partial charge in [0.05, 0.1) is 5.92 Å². The van der Waals surface area contributed by atoms with Gasteiger partial charge in [-0.15, -0.1) is 0 Å². The lowest BCUT2D eigenvalue weighted by Gasteiger charge is -2.26. The molecular formula is C15H20O2. The van der Waals surface area contributed by atoms with E-state index in [1.165, 1.54) is 24.8 Å². The fourth-order valence-electron chi connectivity index (χ4n) is 2.53. The molecule has 0 heterocycles. The number of hydrogen-bond acceptors (Lipinski definition) is 1. The molecule has 0 radical (unpaired) electrons. The second-order valence-electron chi connectivity index (χ2n) is 5.35. The zero-order valence-corrected chi connectivity index (χ0v) is 10.5. The van der Waals surface area contributed by atoms with Crippen molar-refractivity contribution in [1.82, 2.24) is 0 Å². The third-order valence-corrected chi connectivity index (χ3v) is 3.80. The van der Waals surface area contributed by atoms with Crippen LogP contribution in [0.5, 0.6) is 0 Å². The first-order chi connectivity index (χ1) is 8.09. The summed E-state index contributed by atoms with van der Waals surface area (Å²) < 4.78 is 0. The lowest BCUT2D eigenvalue weighted by Crippen LogP contribution is -2.17. The Balaban J connectivity index is 2.17. The lowest BCUT2D eigenvalue weighted by molar-refractivity contribution is -0.139. The highest BCUT2D eigenvalue weighted by Crippen LogP contribution is 2.37. The first kappa shape index (κ1) is 12.2. The first-order valence-electron chi connectivity index (χ1n) is 6.42. The van der Waals surface area contributed by atoms with Crippen molar-refractivity contribution >= 4 is 5.97 Å². The lowest BCUT2D eigenvalue weighted by atomic mass is 9.79. The maximum absolute atomic E-state index is 11.2. The van der Waals surface area contributed by atoms with E-state index in [9.17, 15) is 9.90 Å². The van der Waals surface area contributed by atoms with Crippen LogP contribution in [0, 0.1) is 5.92 Å². The average molecular weight is 232 g/mol. The van der Waals surface area contributed by atoms with Gasteiger partial charge >= 0.3 is 5.97 Å². The topological polar surface area (TPSA) is 37.3 Å². The van der Waals surface area contributed by atoms with Crippen molar-refractivity contribution in [3.05, 3.63) is 35.4 Å². The maximum Gasteiger partial charge on any atom is 0.311 e. The molecule has 1 aromatic carbocycles. The second kappa shape index (κ2) is 4.91. The number of hydrogen-bond donors (Lipinski definition) is 1. The van der Waals surface area contributed by atoms with E-state index in [1.807, 2.05) is 26.0 Å². The number of aliphatic carboxylic acids is 1. The first-order valence-corrected chi connectivity index (χ1v) is 6.42. The van der Waals surface area contributed by atoms with Crippen LogP contribution in [-0.2, 0) is 4.79 Å². The zero-order chi connectivity index (χ0) is 12.4. The molecule has 0 aromatic heterocycles. The summed E-state index contributed by atoms with van der Waals surface area (Å²) in [5.74, 6) is -0.268. The molecule has 0 amide bonds. The standard InChI is InChI=1S/C15H20O2/c1-10(2)14(15(16)17)13-8-6-12(7-9-13)11-4-3-5-11/h6-11,14H,3-5H2,1-2H3,(H,16,17). The third-order valence-electron chi connectivity index (χ3n) is 3.80. The van der Waals surface area contributed by atoms with E-state index < -0.39 is 5.97 Å². The number of benzene rings is 1. The predicted octanol–water partition coefficient (Wildman–Crippen LogP) is 3.78. The summed E-state index contributed by atoms with van der Waals surface area (Å²) in [5, 5.41) is 9.23. The van der Waals surface area contributed by atoms with Gasteiger partial charge in [0.2, 0.25) is 0 Å². The van der Waals surface area contributed by atoms with Gasteiger partial charge in [-0.25, -0.2) is 0 Å². The molecule has 1 atom stereocenters. The van der Waals surface area contributed by atoms with E-state index in [4.69, 9.17) is 0 Å². The fraction of sp³-hybridized carbons (Fsp3) is 0.533. The minimum Gasteiger partial charge on any atom is -0.481 e. The van der Waals surface area contributed by atoms with Crippen molar-refractivity contribution in [3.8, 4) is 0 Å². The molecule has 2 nitrogen and oxygen atoms in total. The Labute approximate surface area is 103 Å². The van der Waals surface area contributed by atoms with Crippen LogP contribution in [0.25, 0.3) is 0 Å². The van der Waals surface area contributed by atoms with Crippen LogP contribution < -0.4 is 0 Å². The number of rotatable bonds is 4. The molecule has 0 bridgehead atoms. The van der Waals surface area contributed by atoms with Crippen molar-refractivity contribution in [2.75, 3.05) is 0 Å². The summed E-state index contributed by atoms with van der Waals surface area (Å²) >= 11 is 0. The van der Waals surface area contributed by atoms with Gasteiger partial charge in [0.25, 0.3) is 0 Å². The molecule has 1 aromatic rings. The quantitative estimate of drug-likeness (QED) is 0.857. The Morgan fingerprint density at radius 2 is 1.82 bits per heavy atom. The Morgan fingerprint density at radius 1 is 1.24 bits per heavy atom. The molecule has 1 aliphatic carbocycles. The van der Waals surface area contributed by atoms with Crippen LogP contribution in [0.4, 0.5) is 0 Å².